The van der Waals surface area contributed by atoms with Crippen molar-refractivity contribution in [2.45, 2.75) is 32.9 Å². The summed E-state index contributed by atoms with van der Waals surface area (Å²) in [5.74, 6) is -2.18. The van der Waals surface area contributed by atoms with Crippen LogP contribution in [-0.2, 0) is 6.54 Å². The Morgan fingerprint density at radius 1 is 0.929 bits per heavy atom. The summed E-state index contributed by atoms with van der Waals surface area (Å²) in [5.41, 5.74) is 1.04. The van der Waals surface area contributed by atoms with E-state index in [4.69, 9.17) is 5.11 Å². The van der Waals surface area contributed by atoms with E-state index in [1.165, 1.54) is 35.2 Å². The third-order valence-corrected chi connectivity index (χ3v) is 4.47. The Balaban J connectivity index is 1.75. The predicted molar refractivity (Wildman–Crippen MR) is 101 cm³/mol. The van der Waals surface area contributed by atoms with Gasteiger partial charge in [0, 0.05) is 17.6 Å². The molecule has 2 aromatic carbocycles. The summed E-state index contributed by atoms with van der Waals surface area (Å²) in [4.78, 5) is 49.6. The molecule has 0 bridgehead atoms. The van der Waals surface area contributed by atoms with Gasteiger partial charge < -0.3 is 10.4 Å². The van der Waals surface area contributed by atoms with Crippen LogP contribution in [0.3, 0.4) is 0 Å². The minimum absolute atomic E-state index is 0.167. The molecule has 0 unspecified atom stereocenters. The van der Waals surface area contributed by atoms with Crippen molar-refractivity contribution < 1.29 is 24.3 Å². The maximum atomic E-state index is 12.6. The number of aromatic carboxylic acids is 1. The molecule has 0 aliphatic carbocycles. The number of rotatable bonds is 4. The van der Waals surface area contributed by atoms with Crippen molar-refractivity contribution in [3.8, 4) is 0 Å². The van der Waals surface area contributed by atoms with E-state index in [0.717, 1.165) is 5.56 Å². The zero-order chi connectivity index (χ0) is 20.6. The average molecular weight is 380 g/mol. The zero-order valence-electron chi connectivity index (χ0n) is 15.8. The molecule has 0 atom stereocenters. The lowest BCUT2D eigenvalue weighted by Crippen LogP contribution is -2.45. The monoisotopic (exact) mass is 380 g/mol. The van der Waals surface area contributed by atoms with Gasteiger partial charge in [-0.1, -0.05) is 12.1 Å². The van der Waals surface area contributed by atoms with Crippen LogP contribution in [0.15, 0.2) is 42.5 Å². The standard InChI is InChI=1S/C21H20N2O5/c1-21(2,3)23-18(25)15-9-8-14(10-16(15)19(23)26)17(24)22-11-12-4-6-13(7-5-12)20(27)28/h4-10H,11H2,1-3H3,(H,22,24)(H,27,28). The molecule has 0 spiro atoms. The number of hydrogen-bond donors (Lipinski definition) is 2. The molecule has 0 aromatic heterocycles. The highest BCUT2D eigenvalue weighted by molar-refractivity contribution is 6.22. The summed E-state index contributed by atoms with van der Waals surface area (Å²) in [6, 6.07) is 10.6. The van der Waals surface area contributed by atoms with Crippen LogP contribution in [0, 0.1) is 0 Å². The Labute approximate surface area is 162 Å². The Hall–Kier alpha value is -3.48. The molecule has 7 heteroatoms. The van der Waals surface area contributed by atoms with Gasteiger partial charge in [0.2, 0.25) is 0 Å². The average Bonchev–Trinajstić information content (AvgIpc) is 2.90. The molecule has 2 N–H and O–H groups in total. The molecule has 0 radical (unpaired) electrons. The van der Waals surface area contributed by atoms with Gasteiger partial charge in [0.1, 0.15) is 0 Å². The molecule has 7 nitrogen and oxygen atoms in total. The van der Waals surface area contributed by atoms with Gasteiger partial charge in [0.25, 0.3) is 17.7 Å². The minimum Gasteiger partial charge on any atom is -0.478 e. The molecule has 0 fully saturated rings. The number of carboxylic acids is 1. The van der Waals surface area contributed by atoms with E-state index < -0.39 is 17.4 Å². The van der Waals surface area contributed by atoms with Gasteiger partial charge in [0.15, 0.2) is 0 Å². The minimum atomic E-state index is -1.02. The summed E-state index contributed by atoms with van der Waals surface area (Å²) in [7, 11) is 0. The lowest BCUT2D eigenvalue weighted by molar-refractivity contribution is 0.0506. The first kappa shape index (κ1) is 19.3. The number of carbonyl (C=O) groups is 4. The summed E-state index contributed by atoms with van der Waals surface area (Å²) >= 11 is 0. The van der Waals surface area contributed by atoms with Gasteiger partial charge in [-0.3, -0.25) is 19.3 Å². The van der Waals surface area contributed by atoms with E-state index in [1.807, 2.05) is 0 Å². The molecular formula is C21H20N2O5. The predicted octanol–water partition coefficient (Wildman–Crippen LogP) is 2.71. The van der Waals surface area contributed by atoms with Crippen molar-refractivity contribution in [1.29, 1.82) is 0 Å². The fourth-order valence-corrected chi connectivity index (χ4v) is 3.04. The second-order valence-corrected chi connectivity index (χ2v) is 7.56. The summed E-state index contributed by atoms with van der Waals surface area (Å²) in [6.45, 7) is 5.53. The van der Waals surface area contributed by atoms with Gasteiger partial charge >= 0.3 is 5.97 Å². The zero-order valence-corrected chi connectivity index (χ0v) is 15.8. The number of fused-ring (bicyclic) bond motifs is 1. The maximum Gasteiger partial charge on any atom is 0.335 e. The summed E-state index contributed by atoms with van der Waals surface area (Å²) in [6.07, 6.45) is 0. The van der Waals surface area contributed by atoms with Crippen molar-refractivity contribution in [1.82, 2.24) is 10.2 Å². The van der Waals surface area contributed by atoms with E-state index in [1.54, 1.807) is 32.9 Å². The molecule has 28 heavy (non-hydrogen) atoms. The first-order valence-corrected chi connectivity index (χ1v) is 8.73. The first-order valence-electron chi connectivity index (χ1n) is 8.73. The van der Waals surface area contributed by atoms with Gasteiger partial charge in [-0.15, -0.1) is 0 Å². The van der Waals surface area contributed by atoms with Crippen LogP contribution in [0.4, 0.5) is 0 Å². The largest absolute Gasteiger partial charge is 0.478 e. The Kier molecular flexibility index (Phi) is 4.77. The number of carbonyl (C=O) groups excluding carboxylic acids is 3. The first-order chi connectivity index (χ1) is 13.1. The molecule has 1 heterocycles. The summed E-state index contributed by atoms with van der Waals surface area (Å²) in [5, 5.41) is 11.6. The van der Waals surface area contributed by atoms with Crippen molar-refractivity contribution in [3.63, 3.8) is 0 Å². The Morgan fingerprint density at radius 3 is 2.07 bits per heavy atom. The van der Waals surface area contributed by atoms with Crippen molar-refractivity contribution in [2.75, 3.05) is 0 Å². The van der Waals surface area contributed by atoms with Crippen LogP contribution in [-0.4, -0.2) is 39.2 Å². The second kappa shape index (κ2) is 6.92. The van der Waals surface area contributed by atoms with Crippen molar-refractivity contribution in [3.05, 3.63) is 70.3 Å². The van der Waals surface area contributed by atoms with Crippen molar-refractivity contribution >= 4 is 23.7 Å². The fraction of sp³-hybridized carbons (Fsp3) is 0.238. The lowest BCUT2D eigenvalue weighted by Gasteiger charge is -2.29. The number of hydrogen-bond acceptors (Lipinski definition) is 4. The highest BCUT2D eigenvalue weighted by Gasteiger charge is 2.42. The van der Waals surface area contributed by atoms with E-state index in [9.17, 15) is 19.2 Å². The second-order valence-electron chi connectivity index (χ2n) is 7.56. The summed E-state index contributed by atoms with van der Waals surface area (Å²) < 4.78 is 0. The SMILES string of the molecule is CC(C)(C)N1C(=O)c2ccc(C(=O)NCc3ccc(C(=O)O)cc3)cc2C1=O. The van der Waals surface area contributed by atoms with E-state index >= 15 is 0 Å². The molecule has 144 valence electrons. The molecule has 0 saturated heterocycles. The van der Waals surface area contributed by atoms with Crippen LogP contribution in [0.5, 0.6) is 0 Å². The highest BCUT2D eigenvalue weighted by atomic mass is 16.4. The Morgan fingerprint density at radius 2 is 1.50 bits per heavy atom. The van der Waals surface area contributed by atoms with Crippen LogP contribution in [0.2, 0.25) is 0 Å². The molecule has 2 aromatic rings. The lowest BCUT2D eigenvalue weighted by atomic mass is 10.1. The van der Waals surface area contributed by atoms with Crippen LogP contribution in [0.25, 0.3) is 0 Å². The van der Waals surface area contributed by atoms with Crippen molar-refractivity contribution in [2.24, 2.45) is 0 Å². The maximum absolute atomic E-state index is 12.6. The number of carboxylic acid groups (broad SMARTS) is 1. The molecule has 1 aliphatic rings. The van der Waals surface area contributed by atoms with E-state index in [2.05, 4.69) is 5.32 Å². The smallest absolute Gasteiger partial charge is 0.335 e. The van der Waals surface area contributed by atoms with Gasteiger partial charge in [-0.2, -0.15) is 0 Å². The van der Waals surface area contributed by atoms with Gasteiger partial charge in [0.05, 0.1) is 16.7 Å². The highest BCUT2D eigenvalue weighted by Crippen LogP contribution is 2.29. The van der Waals surface area contributed by atoms with E-state index in [-0.39, 0.29) is 35.0 Å². The number of amides is 3. The molecule has 3 rings (SSSR count). The number of benzene rings is 2. The quantitative estimate of drug-likeness (QED) is 0.794. The van der Waals surface area contributed by atoms with Crippen LogP contribution in [0.1, 0.15) is 67.8 Å². The number of nitrogens with one attached hydrogen (secondary N) is 1. The van der Waals surface area contributed by atoms with E-state index in [0.29, 0.717) is 5.56 Å². The van der Waals surface area contributed by atoms with Crippen LogP contribution >= 0.6 is 0 Å². The van der Waals surface area contributed by atoms with Gasteiger partial charge in [-0.05, 0) is 56.7 Å². The molecular weight excluding hydrogens is 360 g/mol. The molecule has 0 saturated carbocycles. The molecule has 1 aliphatic heterocycles. The van der Waals surface area contributed by atoms with Crippen LogP contribution < -0.4 is 5.32 Å². The fourth-order valence-electron chi connectivity index (χ4n) is 3.04. The topological polar surface area (TPSA) is 104 Å². The third-order valence-electron chi connectivity index (χ3n) is 4.47. The van der Waals surface area contributed by atoms with Gasteiger partial charge in [-0.25, -0.2) is 4.79 Å². The number of nitrogens with zero attached hydrogens (tertiary/aromatic N) is 1. The normalized spacial score (nSPS) is 13.5. The Bertz CT molecular complexity index is 987. The third kappa shape index (κ3) is 3.51. The molecule has 3 amide bonds. The number of imide groups is 1.